The van der Waals surface area contributed by atoms with E-state index in [0.29, 0.717) is 11.3 Å². The zero-order valence-corrected chi connectivity index (χ0v) is 8.60. The van der Waals surface area contributed by atoms with Gasteiger partial charge in [0.1, 0.15) is 6.07 Å². The van der Waals surface area contributed by atoms with E-state index < -0.39 is 11.6 Å². The summed E-state index contributed by atoms with van der Waals surface area (Å²) in [7, 11) is 0. The lowest BCUT2D eigenvalue weighted by Gasteiger charge is -2.25. The monoisotopic (exact) mass is 214 g/mol. The maximum absolute atomic E-state index is 14.2. The minimum absolute atomic E-state index is 0.570. The number of nitrogen functional groups attached to an aromatic ring is 1. The molecule has 80 valence electrons. The Kier molecular flexibility index (Phi) is 2.49. The first-order valence-electron chi connectivity index (χ1n) is 4.97. The van der Waals surface area contributed by atoms with Crippen molar-refractivity contribution in [3.63, 3.8) is 0 Å². The molecular weight excluding hydrogens is 203 g/mol. The third-order valence-electron chi connectivity index (χ3n) is 2.65. The molecule has 1 aromatic carbocycles. The number of nitriles is 1. The van der Waals surface area contributed by atoms with Crippen LogP contribution < -0.4 is 5.73 Å². The molecule has 0 aliphatic heterocycles. The highest BCUT2D eigenvalue weighted by atomic mass is 19.1. The van der Waals surface area contributed by atoms with Crippen LogP contribution in [0.25, 0.3) is 0 Å². The SMILES string of the molecule is N#CC1(F)C=CC=CC1c1cccc(N)c1. The van der Waals surface area contributed by atoms with Gasteiger partial charge in [-0.05, 0) is 23.8 Å². The number of hydrogen-bond donors (Lipinski definition) is 1. The molecule has 0 heterocycles. The minimum Gasteiger partial charge on any atom is -0.399 e. The van der Waals surface area contributed by atoms with Crippen LogP contribution in [-0.2, 0) is 0 Å². The largest absolute Gasteiger partial charge is 0.399 e. The van der Waals surface area contributed by atoms with E-state index >= 15 is 0 Å². The van der Waals surface area contributed by atoms with Gasteiger partial charge in [-0.25, -0.2) is 4.39 Å². The summed E-state index contributed by atoms with van der Waals surface area (Å²) in [5, 5.41) is 8.91. The van der Waals surface area contributed by atoms with Gasteiger partial charge in [0.2, 0.25) is 5.67 Å². The maximum Gasteiger partial charge on any atom is 0.224 e. The van der Waals surface area contributed by atoms with Crippen molar-refractivity contribution in [2.24, 2.45) is 0 Å². The molecule has 1 aromatic rings. The van der Waals surface area contributed by atoms with E-state index in [9.17, 15) is 4.39 Å². The Balaban J connectivity index is 2.45. The summed E-state index contributed by atoms with van der Waals surface area (Å²) in [5.41, 5.74) is 4.95. The van der Waals surface area contributed by atoms with Crippen LogP contribution in [-0.4, -0.2) is 5.67 Å². The molecule has 1 aliphatic carbocycles. The fourth-order valence-electron chi connectivity index (χ4n) is 1.83. The normalized spacial score (nSPS) is 27.6. The van der Waals surface area contributed by atoms with Crippen LogP contribution in [0.5, 0.6) is 0 Å². The molecule has 2 rings (SSSR count). The van der Waals surface area contributed by atoms with E-state index in [1.807, 2.05) is 0 Å². The van der Waals surface area contributed by atoms with Crippen molar-refractivity contribution in [1.82, 2.24) is 0 Å². The summed E-state index contributed by atoms with van der Waals surface area (Å²) >= 11 is 0. The number of nitrogens with zero attached hydrogens (tertiary/aromatic N) is 1. The molecule has 0 spiro atoms. The first-order chi connectivity index (χ1) is 7.65. The van der Waals surface area contributed by atoms with Gasteiger partial charge in [0.25, 0.3) is 0 Å². The molecule has 0 aromatic heterocycles. The fourth-order valence-corrected chi connectivity index (χ4v) is 1.83. The molecule has 3 heteroatoms. The third-order valence-corrected chi connectivity index (χ3v) is 2.65. The van der Waals surface area contributed by atoms with Gasteiger partial charge in [-0.15, -0.1) is 0 Å². The van der Waals surface area contributed by atoms with Gasteiger partial charge in [0.15, 0.2) is 0 Å². The quantitative estimate of drug-likeness (QED) is 0.731. The summed E-state index contributed by atoms with van der Waals surface area (Å²) in [5.74, 6) is -0.592. The molecule has 1 aliphatic rings. The van der Waals surface area contributed by atoms with Gasteiger partial charge in [0, 0.05) is 5.69 Å². The van der Waals surface area contributed by atoms with Crippen LogP contribution in [0.1, 0.15) is 11.5 Å². The van der Waals surface area contributed by atoms with Crippen LogP contribution in [0.2, 0.25) is 0 Å². The Morgan fingerprint density at radius 2 is 2.19 bits per heavy atom. The molecule has 2 atom stereocenters. The van der Waals surface area contributed by atoms with E-state index in [4.69, 9.17) is 11.0 Å². The molecule has 0 fully saturated rings. The molecule has 0 saturated carbocycles. The van der Waals surface area contributed by atoms with E-state index in [-0.39, 0.29) is 0 Å². The fraction of sp³-hybridized carbons (Fsp3) is 0.154. The lowest BCUT2D eigenvalue weighted by Crippen LogP contribution is -2.27. The van der Waals surface area contributed by atoms with Gasteiger partial charge in [0.05, 0.1) is 5.92 Å². The number of halogens is 1. The zero-order valence-electron chi connectivity index (χ0n) is 8.60. The molecule has 2 unspecified atom stereocenters. The highest BCUT2D eigenvalue weighted by molar-refractivity contribution is 5.47. The summed E-state index contributed by atoms with van der Waals surface area (Å²) in [6, 6.07) is 8.66. The summed E-state index contributed by atoms with van der Waals surface area (Å²) in [4.78, 5) is 0. The summed E-state index contributed by atoms with van der Waals surface area (Å²) in [6.45, 7) is 0. The summed E-state index contributed by atoms with van der Waals surface area (Å²) in [6.07, 6.45) is 6.24. The Bertz CT molecular complexity index is 499. The van der Waals surface area contributed by atoms with E-state index in [1.54, 1.807) is 48.6 Å². The number of rotatable bonds is 1. The van der Waals surface area contributed by atoms with Crippen molar-refractivity contribution in [2.75, 3.05) is 5.73 Å². The second kappa shape index (κ2) is 3.82. The van der Waals surface area contributed by atoms with Crippen LogP contribution in [0.15, 0.2) is 48.6 Å². The molecule has 2 nitrogen and oxygen atoms in total. The first-order valence-corrected chi connectivity index (χ1v) is 4.97. The summed E-state index contributed by atoms with van der Waals surface area (Å²) < 4.78 is 14.2. The number of benzene rings is 1. The second-order valence-corrected chi connectivity index (χ2v) is 3.77. The average molecular weight is 214 g/mol. The van der Waals surface area contributed by atoms with Gasteiger partial charge in [-0.1, -0.05) is 30.4 Å². The molecule has 0 radical (unpaired) electrons. The third kappa shape index (κ3) is 1.70. The van der Waals surface area contributed by atoms with Crippen molar-refractivity contribution in [3.8, 4) is 6.07 Å². The standard InChI is InChI=1S/C13H11FN2/c14-13(9-15)7-2-1-6-12(13)10-4-3-5-11(16)8-10/h1-8,12H,16H2. The molecule has 0 amide bonds. The Labute approximate surface area is 93.5 Å². The van der Waals surface area contributed by atoms with Crippen molar-refractivity contribution < 1.29 is 4.39 Å². The minimum atomic E-state index is -1.98. The van der Waals surface area contributed by atoms with Gasteiger partial charge in [-0.2, -0.15) is 5.26 Å². The number of anilines is 1. The van der Waals surface area contributed by atoms with Crippen LogP contribution in [0.3, 0.4) is 0 Å². The number of allylic oxidation sites excluding steroid dienone is 4. The number of alkyl halides is 1. The predicted octanol–water partition coefficient (Wildman–Crippen LogP) is 2.71. The van der Waals surface area contributed by atoms with Crippen LogP contribution in [0.4, 0.5) is 10.1 Å². The average Bonchev–Trinajstić information content (AvgIpc) is 2.29. The highest BCUT2D eigenvalue weighted by Crippen LogP contribution is 2.36. The number of nitrogens with two attached hydrogens (primary N) is 1. The maximum atomic E-state index is 14.2. The van der Waals surface area contributed by atoms with Crippen molar-refractivity contribution >= 4 is 5.69 Å². The van der Waals surface area contributed by atoms with E-state index in [0.717, 1.165) is 0 Å². The molecule has 0 saturated heterocycles. The first kappa shape index (κ1) is 10.4. The molecule has 16 heavy (non-hydrogen) atoms. The van der Waals surface area contributed by atoms with Crippen LogP contribution in [0, 0.1) is 11.3 Å². The zero-order chi connectivity index (χ0) is 11.6. The highest BCUT2D eigenvalue weighted by Gasteiger charge is 2.37. The Morgan fingerprint density at radius 1 is 1.38 bits per heavy atom. The molecular formula is C13H11FN2. The van der Waals surface area contributed by atoms with Crippen molar-refractivity contribution in [1.29, 1.82) is 5.26 Å². The molecule has 0 bridgehead atoms. The lowest BCUT2D eigenvalue weighted by molar-refractivity contribution is 0.279. The number of hydrogen-bond acceptors (Lipinski definition) is 2. The Morgan fingerprint density at radius 3 is 2.88 bits per heavy atom. The van der Waals surface area contributed by atoms with E-state index in [1.165, 1.54) is 6.08 Å². The second-order valence-electron chi connectivity index (χ2n) is 3.77. The van der Waals surface area contributed by atoms with Crippen molar-refractivity contribution in [3.05, 3.63) is 54.1 Å². The van der Waals surface area contributed by atoms with Crippen molar-refractivity contribution in [2.45, 2.75) is 11.6 Å². The van der Waals surface area contributed by atoms with Gasteiger partial charge in [-0.3, -0.25) is 0 Å². The predicted molar refractivity (Wildman–Crippen MR) is 61.3 cm³/mol. The lowest BCUT2D eigenvalue weighted by atomic mass is 9.81. The van der Waals surface area contributed by atoms with Crippen LogP contribution >= 0.6 is 0 Å². The van der Waals surface area contributed by atoms with Gasteiger partial charge >= 0.3 is 0 Å². The molecule has 2 N–H and O–H groups in total. The Hall–Kier alpha value is -2.08. The van der Waals surface area contributed by atoms with E-state index in [2.05, 4.69) is 0 Å². The topological polar surface area (TPSA) is 49.8 Å². The smallest absolute Gasteiger partial charge is 0.224 e. The van der Waals surface area contributed by atoms with Gasteiger partial charge < -0.3 is 5.73 Å².